The number of methoxy groups -OCH3 is 2. The predicted molar refractivity (Wildman–Crippen MR) is 124 cm³/mol. The van der Waals surface area contributed by atoms with E-state index in [1.54, 1.807) is 25.3 Å². The summed E-state index contributed by atoms with van der Waals surface area (Å²) >= 11 is 0. The van der Waals surface area contributed by atoms with Crippen LogP contribution in [0.4, 0.5) is 0 Å². The highest BCUT2D eigenvalue weighted by atomic mass is 16.5. The Morgan fingerprint density at radius 2 is 1.67 bits per heavy atom. The van der Waals surface area contributed by atoms with Gasteiger partial charge in [0.05, 0.1) is 25.8 Å². The van der Waals surface area contributed by atoms with Gasteiger partial charge >= 0.3 is 0 Å². The average molecular weight is 452 g/mol. The average Bonchev–Trinajstić information content (AvgIpc) is 3.32. The molecule has 0 bridgehead atoms. The summed E-state index contributed by atoms with van der Waals surface area (Å²) < 4.78 is 16.0. The number of hydrogen-bond acceptors (Lipinski definition) is 6. The summed E-state index contributed by atoms with van der Waals surface area (Å²) in [6.45, 7) is 5.64. The quantitative estimate of drug-likeness (QED) is 0.510. The maximum atomic E-state index is 12.9. The van der Waals surface area contributed by atoms with E-state index in [0.29, 0.717) is 22.8 Å². The molecule has 2 atom stereocenters. The fraction of sp³-hybridized carbons (Fsp3) is 0.320. The molecule has 2 aromatic carbocycles. The first-order valence-corrected chi connectivity index (χ1v) is 10.7. The lowest BCUT2D eigenvalue weighted by atomic mass is 10.0. The van der Waals surface area contributed by atoms with E-state index in [1.165, 1.54) is 13.2 Å². The lowest BCUT2D eigenvalue weighted by Gasteiger charge is -2.23. The second-order valence-corrected chi connectivity index (χ2v) is 7.98. The fourth-order valence-electron chi connectivity index (χ4n) is 3.39. The van der Waals surface area contributed by atoms with Gasteiger partial charge in [0.2, 0.25) is 5.91 Å². The van der Waals surface area contributed by atoms with Crippen LogP contribution in [0.3, 0.4) is 0 Å². The molecule has 1 aromatic heterocycles. The minimum Gasteiger partial charge on any atom is -0.497 e. The van der Waals surface area contributed by atoms with Gasteiger partial charge < -0.3 is 24.6 Å². The van der Waals surface area contributed by atoms with E-state index in [9.17, 15) is 9.59 Å². The molecule has 0 aliphatic carbocycles. The largest absolute Gasteiger partial charge is 0.497 e. The molecule has 0 unspecified atom stereocenters. The summed E-state index contributed by atoms with van der Waals surface area (Å²) in [6.07, 6.45) is 0. The number of amides is 2. The van der Waals surface area contributed by atoms with Crippen molar-refractivity contribution in [1.82, 2.24) is 15.8 Å². The zero-order chi connectivity index (χ0) is 24.0. The minimum atomic E-state index is -0.737. The molecule has 3 aromatic rings. The number of nitrogens with zero attached hydrogens (tertiary/aromatic N) is 1. The van der Waals surface area contributed by atoms with Crippen LogP contribution >= 0.6 is 0 Å². The Bertz CT molecular complexity index is 1090. The van der Waals surface area contributed by atoms with Gasteiger partial charge in [0, 0.05) is 12.1 Å². The number of aromatic nitrogens is 1. The van der Waals surface area contributed by atoms with Crippen LogP contribution in [0.25, 0.3) is 11.3 Å². The van der Waals surface area contributed by atoms with Crippen molar-refractivity contribution in [3.8, 4) is 22.8 Å². The molecule has 8 nitrogen and oxygen atoms in total. The molecule has 33 heavy (non-hydrogen) atoms. The third-order valence-electron chi connectivity index (χ3n) is 5.31. The topological polar surface area (TPSA) is 103 Å². The molecule has 2 amide bonds. The summed E-state index contributed by atoms with van der Waals surface area (Å²) in [5, 5.41) is 9.63. The molecule has 174 valence electrons. The van der Waals surface area contributed by atoms with Crippen LogP contribution in [0.1, 0.15) is 42.9 Å². The van der Waals surface area contributed by atoms with Crippen LogP contribution in [-0.4, -0.2) is 37.2 Å². The third-order valence-corrected chi connectivity index (χ3v) is 5.31. The van der Waals surface area contributed by atoms with Gasteiger partial charge in [0.25, 0.3) is 5.91 Å². The smallest absolute Gasteiger partial charge is 0.274 e. The van der Waals surface area contributed by atoms with E-state index in [0.717, 1.165) is 5.56 Å². The van der Waals surface area contributed by atoms with Crippen molar-refractivity contribution in [3.63, 3.8) is 0 Å². The van der Waals surface area contributed by atoms with Gasteiger partial charge in [-0.2, -0.15) is 0 Å². The third kappa shape index (κ3) is 5.71. The number of rotatable bonds is 9. The second-order valence-electron chi connectivity index (χ2n) is 7.98. The number of nitrogens with one attached hydrogen (secondary N) is 2. The van der Waals surface area contributed by atoms with Crippen LogP contribution in [0.5, 0.6) is 11.5 Å². The van der Waals surface area contributed by atoms with Gasteiger partial charge in [0.1, 0.15) is 17.5 Å². The molecule has 0 fully saturated rings. The van der Waals surface area contributed by atoms with Crippen LogP contribution in [0.2, 0.25) is 0 Å². The van der Waals surface area contributed by atoms with Gasteiger partial charge in [-0.25, -0.2) is 0 Å². The number of ether oxygens (including phenoxy) is 2. The fourth-order valence-corrected chi connectivity index (χ4v) is 3.39. The maximum Gasteiger partial charge on any atom is 0.274 e. The zero-order valence-electron chi connectivity index (χ0n) is 19.4. The van der Waals surface area contributed by atoms with E-state index in [1.807, 2.05) is 51.1 Å². The van der Waals surface area contributed by atoms with Crippen molar-refractivity contribution in [2.75, 3.05) is 14.2 Å². The van der Waals surface area contributed by atoms with Crippen LogP contribution in [0, 0.1) is 5.92 Å². The van der Waals surface area contributed by atoms with Gasteiger partial charge in [-0.1, -0.05) is 49.3 Å². The van der Waals surface area contributed by atoms with Crippen LogP contribution in [-0.2, 0) is 4.79 Å². The number of benzene rings is 2. The molecular formula is C25H29N3O5. The molecule has 0 spiro atoms. The van der Waals surface area contributed by atoms with Crippen LogP contribution in [0.15, 0.2) is 59.1 Å². The first kappa shape index (κ1) is 23.8. The lowest BCUT2D eigenvalue weighted by molar-refractivity contribution is -0.124. The molecule has 0 radical (unpaired) electrons. The van der Waals surface area contributed by atoms with Gasteiger partial charge in [-0.3, -0.25) is 9.59 Å². The number of hydrogen-bond donors (Lipinski definition) is 2. The normalized spacial score (nSPS) is 12.7. The van der Waals surface area contributed by atoms with E-state index < -0.39 is 11.9 Å². The Kier molecular flexibility index (Phi) is 7.71. The minimum absolute atomic E-state index is 0.0671. The van der Waals surface area contributed by atoms with Crippen molar-refractivity contribution < 1.29 is 23.6 Å². The van der Waals surface area contributed by atoms with E-state index >= 15 is 0 Å². The molecular weight excluding hydrogens is 422 g/mol. The Morgan fingerprint density at radius 1 is 0.939 bits per heavy atom. The molecule has 0 saturated heterocycles. The maximum absolute atomic E-state index is 12.9. The lowest BCUT2D eigenvalue weighted by Crippen LogP contribution is -2.50. The first-order chi connectivity index (χ1) is 15.8. The Balaban J connectivity index is 1.73. The highest BCUT2D eigenvalue weighted by Crippen LogP contribution is 2.33. The van der Waals surface area contributed by atoms with Crippen molar-refractivity contribution in [1.29, 1.82) is 0 Å². The zero-order valence-corrected chi connectivity index (χ0v) is 19.4. The summed E-state index contributed by atoms with van der Waals surface area (Å²) in [5.74, 6) is 0.609. The summed E-state index contributed by atoms with van der Waals surface area (Å²) in [4.78, 5) is 25.8. The van der Waals surface area contributed by atoms with Gasteiger partial charge in [-0.05, 0) is 30.5 Å². The highest BCUT2D eigenvalue weighted by Gasteiger charge is 2.27. The van der Waals surface area contributed by atoms with Gasteiger partial charge in [0.15, 0.2) is 11.5 Å². The molecule has 0 aliphatic rings. The predicted octanol–water partition coefficient (Wildman–Crippen LogP) is 3.99. The van der Waals surface area contributed by atoms with Gasteiger partial charge in [-0.15, -0.1) is 0 Å². The SMILES string of the molecule is COc1ccc(-c2cc(C(=O)N[C@H](C(=O)N[C@@H](C)c3ccccc3)C(C)C)no2)c(OC)c1. The van der Waals surface area contributed by atoms with E-state index in [4.69, 9.17) is 14.0 Å². The summed E-state index contributed by atoms with van der Waals surface area (Å²) in [6, 6.07) is 15.4. The number of carbonyl (C=O) groups excluding carboxylic acids is 2. The molecule has 1 heterocycles. The summed E-state index contributed by atoms with van der Waals surface area (Å²) in [7, 11) is 3.10. The van der Waals surface area contributed by atoms with E-state index in [2.05, 4.69) is 15.8 Å². The van der Waals surface area contributed by atoms with Crippen molar-refractivity contribution in [2.24, 2.45) is 5.92 Å². The van der Waals surface area contributed by atoms with Crippen molar-refractivity contribution in [3.05, 3.63) is 65.9 Å². The first-order valence-electron chi connectivity index (χ1n) is 10.7. The second kappa shape index (κ2) is 10.7. The molecule has 0 aliphatic heterocycles. The number of carbonyl (C=O) groups is 2. The Hall–Kier alpha value is -3.81. The molecule has 0 saturated carbocycles. The highest BCUT2D eigenvalue weighted by molar-refractivity contribution is 5.97. The van der Waals surface area contributed by atoms with Crippen molar-refractivity contribution in [2.45, 2.75) is 32.9 Å². The summed E-state index contributed by atoms with van der Waals surface area (Å²) in [5.41, 5.74) is 1.67. The monoisotopic (exact) mass is 451 g/mol. The van der Waals surface area contributed by atoms with Crippen LogP contribution < -0.4 is 20.1 Å². The molecule has 2 N–H and O–H groups in total. The molecule has 8 heteroatoms. The van der Waals surface area contributed by atoms with Crippen molar-refractivity contribution >= 4 is 11.8 Å². The Labute approximate surface area is 193 Å². The molecule has 3 rings (SSSR count). The standard InChI is InChI=1S/C25H29N3O5/c1-15(2)23(25(30)26-16(3)17-9-7-6-8-10-17)27-24(29)20-14-22(33-28-20)19-12-11-18(31-4)13-21(19)32-5/h6-16,23H,1-5H3,(H,26,30)(H,27,29)/t16-,23-/m0/s1. The van der Waals surface area contributed by atoms with E-state index in [-0.39, 0.29) is 23.6 Å². The Morgan fingerprint density at radius 3 is 2.30 bits per heavy atom.